The molecule has 0 aliphatic heterocycles. The van der Waals surface area contributed by atoms with Crippen molar-refractivity contribution in [2.24, 2.45) is 0 Å². The van der Waals surface area contributed by atoms with E-state index in [-0.39, 0.29) is 22.8 Å². The molecule has 0 saturated heterocycles. The number of hydrogen-bond acceptors (Lipinski definition) is 2. The Morgan fingerprint density at radius 3 is 2.79 bits per heavy atom. The third-order valence-corrected chi connectivity index (χ3v) is 4.45. The van der Waals surface area contributed by atoms with Crippen LogP contribution in [0.15, 0.2) is 30.6 Å². The predicted molar refractivity (Wildman–Crippen MR) is 87.0 cm³/mol. The second kappa shape index (κ2) is 7.17. The highest BCUT2D eigenvalue weighted by atomic mass is 35.5. The zero-order chi connectivity index (χ0) is 17.1. The summed E-state index contributed by atoms with van der Waals surface area (Å²) < 4.78 is 28.7. The first-order valence-corrected chi connectivity index (χ1v) is 8.13. The van der Waals surface area contributed by atoms with Crippen molar-refractivity contribution < 1.29 is 13.6 Å². The van der Waals surface area contributed by atoms with Crippen LogP contribution in [0.4, 0.5) is 19.3 Å². The van der Waals surface area contributed by atoms with E-state index in [1.165, 1.54) is 0 Å². The van der Waals surface area contributed by atoms with Crippen LogP contribution in [0.25, 0.3) is 0 Å². The van der Waals surface area contributed by atoms with E-state index in [2.05, 4.69) is 15.7 Å². The molecule has 1 aliphatic rings. The molecule has 0 spiro atoms. The minimum atomic E-state index is -0.914. The number of hydrogen-bond donors (Lipinski definition) is 2. The van der Waals surface area contributed by atoms with Crippen molar-refractivity contribution in [1.82, 2.24) is 15.1 Å². The fraction of sp³-hybridized carbons (Fsp3) is 0.375. The Labute approximate surface area is 143 Å². The molecule has 2 N–H and O–H groups in total. The van der Waals surface area contributed by atoms with Gasteiger partial charge in [-0.25, -0.2) is 13.6 Å². The number of urea groups is 1. The first kappa shape index (κ1) is 16.7. The summed E-state index contributed by atoms with van der Waals surface area (Å²) in [6, 6.07) is 2.81. The molecule has 2 amide bonds. The van der Waals surface area contributed by atoms with Crippen LogP contribution in [0.5, 0.6) is 0 Å². The van der Waals surface area contributed by atoms with Crippen LogP contribution in [-0.4, -0.2) is 21.9 Å². The summed E-state index contributed by atoms with van der Waals surface area (Å²) in [6.07, 6.45) is 7.31. The normalized spacial score (nSPS) is 20.6. The molecule has 8 heteroatoms. The Morgan fingerprint density at radius 2 is 2.08 bits per heavy atom. The fourth-order valence-electron chi connectivity index (χ4n) is 3.05. The van der Waals surface area contributed by atoms with Gasteiger partial charge in [0.1, 0.15) is 5.82 Å². The average molecular weight is 355 g/mol. The van der Waals surface area contributed by atoms with Crippen LogP contribution in [-0.2, 0) is 0 Å². The summed E-state index contributed by atoms with van der Waals surface area (Å²) in [4.78, 5) is 12.2. The van der Waals surface area contributed by atoms with Crippen LogP contribution >= 0.6 is 11.6 Å². The van der Waals surface area contributed by atoms with E-state index >= 15 is 0 Å². The van der Waals surface area contributed by atoms with Crippen LogP contribution in [0.1, 0.15) is 31.7 Å². The molecule has 2 aromatic rings. The highest BCUT2D eigenvalue weighted by Gasteiger charge is 2.28. The van der Waals surface area contributed by atoms with Crippen molar-refractivity contribution >= 4 is 23.3 Å². The van der Waals surface area contributed by atoms with Crippen molar-refractivity contribution in [3.8, 4) is 0 Å². The molecule has 0 radical (unpaired) electrons. The molecule has 5 nitrogen and oxygen atoms in total. The third-order valence-electron chi connectivity index (χ3n) is 4.16. The third kappa shape index (κ3) is 3.67. The highest BCUT2D eigenvalue weighted by molar-refractivity contribution is 6.33. The maximum Gasteiger partial charge on any atom is 0.319 e. The molecular weight excluding hydrogens is 338 g/mol. The molecule has 24 heavy (non-hydrogen) atoms. The Hall–Kier alpha value is -2.15. The van der Waals surface area contributed by atoms with E-state index < -0.39 is 17.7 Å². The summed E-state index contributed by atoms with van der Waals surface area (Å²) in [5.41, 5.74) is -0.234. The van der Waals surface area contributed by atoms with Gasteiger partial charge in [-0.05, 0) is 25.0 Å². The Bertz CT molecular complexity index is 700. The number of amides is 2. The second-order valence-corrected chi connectivity index (χ2v) is 6.19. The quantitative estimate of drug-likeness (QED) is 0.871. The van der Waals surface area contributed by atoms with Gasteiger partial charge in [0.25, 0.3) is 0 Å². The van der Waals surface area contributed by atoms with Crippen molar-refractivity contribution in [3.63, 3.8) is 0 Å². The molecule has 1 aromatic carbocycles. The number of halogens is 3. The van der Waals surface area contributed by atoms with E-state index in [4.69, 9.17) is 11.6 Å². The van der Waals surface area contributed by atoms with Gasteiger partial charge in [0, 0.05) is 18.5 Å². The van der Waals surface area contributed by atoms with Crippen molar-refractivity contribution in [2.45, 2.75) is 37.8 Å². The maximum atomic E-state index is 13.8. The lowest BCUT2D eigenvalue weighted by molar-refractivity contribution is 0.223. The number of carbonyl (C=O) groups excluding carboxylic acids is 1. The van der Waals surface area contributed by atoms with Gasteiger partial charge in [-0.3, -0.25) is 4.68 Å². The predicted octanol–water partition coefficient (Wildman–Crippen LogP) is 4.12. The summed E-state index contributed by atoms with van der Waals surface area (Å²) in [5, 5.41) is 9.27. The monoisotopic (exact) mass is 354 g/mol. The molecule has 3 rings (SSSR count). The Balaban J connectivity index is 1.70. The van der Waals surface area contributed by atoms with Crippen LogP contribution in [0.3, 0.4) is 0 Å². The summed E-state index contributed by atoms with van der Waals surface area (Å²) in [7, 11) is 0. The lowest BCUT2D eigenvalue weighted by Crippen LogP contribution is -2.45. The average Bonchev–Trinajstić information content (AvgIpc) is 3.05. The summed E-state index contributed by atoms with van der Waals surface area (Å²) in [6.45, 7) is 0. The lowest BCUT2D eigenvalue weighted by Gasteiger charge is -2.32. The zero-order valence-corrected chi connectivity index (χ0v) is 13.6. The van der Waals surface area contributed by atoms with Gasteiger partial charge in [0.05, 0.1) is 22.8 Å². The molecule has 1 saturated carbocycles. The molecule has 1 heterocycles. The van der Waals surface area contributed by atoms with E-state index in [0.29, 0.717) is 6.07 Å². The molecule has 128 valence electrons. The van der Waals surface area contributed by atoms with Gasteiger partial charge < -0.3 is 10.6 Å². The first-order chi connectivity index (χ1) is 11.5. The largest absolute Gasteiger partial charge is 0.333 e. The first-order valence-electron chi connectivity index (χ1n) is 7.76. The van der Waals surface area contributed by atoms with Crippen molar-refractivity contribution in [2.75, 3.05) is 5.32 Å². The Morgan fingerprint density at radius 1 is 1.29 bits per heavy atom. The molecule has 2 atom stereocenters. The summed E-state index contributed by atoms with van der Waals surface area (Å²) in [5.74, 6) is -1.71. The topological polar surface area (TPSA) is 59.0 Å². The van der Waals surface area contributed by atoms with E-state index in [0.717, 1.165) is 31.7 Å². The van der Waals surface area contributed by atoms with Crippen LogP contribution in [0.2, 0.25) is 5.02 Å². The van der Waals surface area contributed by atoms with Crippen LogP contribution in [0, 0.1) is 11.6 Å². The van der Waals surface area contributed by atoms with Gasteiger partial charge >= 0.3 is 6.03 Å². The smallest absolute Gasteiger partial charge is 0.319 e. The van der Waals surface area contributed by atoms with E-state index in [9.17, 15) is 13.6 Å². The standard InChI is InChI=1S/C16H17ClF2N4O/c17-11-8-10(18)9-12(19)15(11)22-16(24)21-13-4-1-2-5-14(13)23-7-3-6-20-23/h3,6-9,13-14H,1-2,4-5H2,(H2,21,22,24). The number of benzene rings is 1. The van der Waals surface area contributed by atoms with E-state index in [1.807, 2.05) is 16.9 Å². The van der Waals surface area contributed by atoms with Crippen LogP contribution < -0.4 is 10.6 Å². The molecule has 0 bridgehead atoms. The number of carbonyl (C=O) groups is 1. The number of anilines is 1. The second-order valence-electron chi connectivity index (χ2n) is 5.79. The maximum absolute atomic E-state index is 13.8. The summed E-state index contributed by atoms with van der Waals surface area (Å²) >= 11 is 5.79. The lowest BCUT2D eigenvalue weighted by atomic mass is 9.90. The molecule has 1 aromatic heterocycles. The highest BCUT2D eigenvalue weighted by Crippen LogP contribution is 2.29. The SMILES string of the molecule is O=C(Nc1c(F)cc(F)cc1Cl)NC1CCCCC1n1cccn1. The number of nitrogens with one attached hydrogen (secondary N) is 2. The molecule has 2 unspecified atom stereocenters. The Kier molecular flexibility index (Phi) is 4.99. The molecule has 1 fully saturated rings. The fourth-order valence-corrected chi connectivity index (χ4v) is 3.29. The minimum absolute atomic E-state index is 0.0491. The molecule has 1 aliphatic carbocycles. The van der Waals surface area contributed by atoms with Crippen molar-refractivity contribution in [1.29, 1.82) is 0 Å². The number of rotatable bonds is 3. The van der Waals surface area contributed by atoms with Gasteiger partial charge in [0.2, 0.25) is 0 Å². The van der Waals surface area contributed by atoms with Gasteiger partial charge in [0.15, 0.2) is 5.82 Å². The number of nitrogens with zero attached hydrogens (tertiary/aromatic N) is 2. The van der Waals surface area contributed by atoms with Gasteiger partial charge in [-0.2, -0.15) is 5.10 Å². The zero-order valence-electron chi connectivity index (χ0n) is 12.8. The number of aromatic nitrogens is 2. The van der Waals surface area contributed by atoms with Gasteiger partial charge in [-0.15, -0.1) is 0 Å². The minimum Gasteiger partial charge on any atom is -0.333 e. The van der Waals surface area contributed by atoms with Crippen molar-refractivity contribution in [3.05, 3.63) is 47.2 Å². The van der Waals surface area contributed by atoms with Gasteiger partial charge in [-0.1, -0.05) is 24.4 Å². The molecular formula is C16H17ClF2N4O. The van der Waals surface area contributed by atoms with E-state index in [1.54, 1.807) is 6.20 Å².